The van der Waals surface area contributed by atoms with Crippen molar-refractivity contribution in [3.8, 4) is 6.19 Å². The Morgan fingerprint density at radius 1 is 1.12 bits per heavy atom. The third kappa shape index (κ3) is 9.77. The van der Waals surface area contributed by atoms with Gasteiger partial charge in [-0.1, -0.05) is 87.2 Å². The Morgan fingerprint density at radius 2 is 1.56 bits per heavy atom. The first-order valence-electron chi connectivity index (χ1n) is 4.26. The second kappa shape index (κ2) is 11.8. The highest BCUT2D eigenvalue weighted by molar-refractivity contribution is 9.12. The Bertz CT molecular complexity index is 241. The molecule has 0 saturated carbocycles. The number of nitrogens with zero attached hydrogens (tertiary/aromatic N) is 2. The highest BCUT2D eigenvalue weighted by Crippen LogP contribution is 2.23. The zero-order chi connectivity index (χ0) is 12.4. The van der Waals surface area contributed by atoms with Crippen molar-refractivity contribution in [2.24, 2.45) is 4.99 Å². The van der Waals surface area contributed by atoms with Crippen LogP contribution in [0, 0.1) is 11.5 Å². The standard InChI is InChI=1S/C8H10Br4N2S2/c9-1-6(11)3-15-8(14-5-13)16-4-7(12)2-10/h6-7H,1-4H2/t6-,7-/m0/s1. The average molecular weight is 518 g/mol. The summed E-state index contributed by atoms with van der Waals surface area (Å²) in [5, 5.41) is 10.4. The minimum Gasteiger partial charge on any atom is -0.170 e. The van der Waals surface area contributed by atoms with E-state index in [4.69, 9.17) is 5.26 Å². The van der Waals surface area contributed by atoms with Crippen LogP contribution in [0.15, 0.2) is 4.99 Å². The van der Waals surface area contributed by atoms with Crippen molar-refractivity contribution in [2.45, 2.75) is 9.65 Å². The number of thioether (sulfide) groups is 2. The number of aliphatic imine (C=N–C) groups is 1. The number of hydrogen-bond acceptors (Lipinski definition) is 4. The van der Waals surface area contributed by atoms with Gasteiger partial charge >= 0.3 is 0 Å². The lowest BCUT2D eigenvalue weighted by Crippen LogP contribution is -2.07. The summed E-state index contributed by atoms with van der Waals surface area (Å²) in [5.74, 6) is 1.81. The first-order chi connectivity index (χ1) is 7.63. The summed E-state index contributed by atoms with van der Waals surface area (Å²) in [5.41, 5.74) is 0. The number of halogens is 4. The molecular formula is C8H10Br4N2S2. The molecule has 0 aliphatic carbocycles. The fourth-order valence-electron chi connectivity index (χ4n) is 0.560. The van der Waals surface area contributed by atoms with E-state index in [-0.39, 0.29) is 0 Å². The van der Waals surface area contributed by atoms with Crippen molar-refractivity contribution in [1.29, 1.82) is 5.26 Å². The fraction of sp³-hybridized carbons (Fsp3) is 0.750. The van der Waals surface area contributed by atoms with Gasteiger partial charge in [0.2, 0.25) is 6.19 Å². The van der Waals surface area contributed by atoms with Crippen LogP contribution in [-0.4, -0.2) is 36.2 Å². The largest absolute Gasteiger partial charge is 0.207 e. The molecule has 0 saturated heterocycles. The molecule has 0 radical (unpaired) electrons. The van der Waals surface area contributed by atoms with Crippen LogP contribution in [0.2, 0.25) is 0 Å². The Hall–Kier alpha value is 1.78. The maximum Gasteiger partial charge on any atom is 0.207 e. The van der Waals surface area contributed by atoms with Crippen molar-refractivity contribution in [3.63, 3.8) is 0 Å². The van der Waals surface area contributed by atoms with Gasteiger partial charge in [0.05, 0.1) is 0 Å². The molecule has 8 heteroatoms. The lowest BCUT2D eigenvalue weighted by Gasteiger charge is -2.08. The zero-order valence-electron chi connectivity index (χ0n) is 8.21. The lowest BCUT2D eigenvalue weighted by molar-refractivity contribution is 1.19. The van der Waals surface area contributed by atoms with Crippen molar-refractivity contribution in [3.05, 3.63) is 0 Å². The molecule has 0 spiro atoms. The Kier molecular flexibility index (Phi) is 13.2. The van der Waals surface area contributed by atoms with Crippen LogP contribution in [0.4, 0.5) is 0 Å². The second-order valence-corrected chi connectivity index (χ2v) is 8.76. The summed E-state index contributed by atoms with van der Waals surface area (Å²) in [6, 6.07) is 0. The molecule has 0 aromatic rings. The molecule has 0 N–H and O–H groups in total. The molecule has 0 rings (SSSR count). The predicted molar refractivity (Wildman–Crippen MR) is 91.0 cm³/mol. The van der Waals surface area contributed by atoms with Crippen molar-refractivity contribution < 1.29 is 0 Å². The molecule has 0 fully saturated rings. The summed E-state index contributed by atoms with van der Waals surface area (Å²) < 4.78 is 0.832. The summed E-state index contributed by atoms with van der Waals surface area (Å²) in [6.45, 7) is 0. The molecule has 2 atom stereocenters. The van der Waals surface area contributed by atoms with Crippen LogP contribution in [0.3, 0.4) is 0 Å². The van der Waals surface area contributed by atoms with Crippen LogP contribution < -0.4 is 0 Å². The topological polar surface area (TPSA) is 36.1 Å². The van der Waals surface area contributed by atoms with E-state index in [1.165, 1.54) is 0 Å². The Balaban J connectivity index is 4.00. The molecule has 0 bridgehead atoms. The van der Waals surface area contributed by atoms with Crippen molar-refractivity contribution in [1.82, 2.24) is 0 Å². The molecule has 16 heavy (non-hydrogen) atoms. The van der Waals surface area contributed by atoms with E-state index < -0.39 is 0 Å². The minimum atomic E-state index is 0.401. The Morgan fingerprint density at radius 3 is 1.88 bits per heavy atom. The number of hydrogen-bond donors (Lipinski definition) is 0. The molecule has 0 unspecified atom stereocenters. The smallest absolute Gasteiger partial charge is 0.170 e. The van der Waals surface area contributed by atoms with E-state index in [1.807, 2.05) is 6.19 Å². The summed E-state index contributed by atoms with van der Waals surface area (Å²) >= 11 is 17.0. The molecule has 2 nitrogen and oxygen atoms in total. The van der Waals surface area contributed by atoms with E-state index in [0.29, 0.717) is 9.65 Å². The zero-order valence-corrected chi connectivity index (χ0v) is 16.2. The van der Waals surface area contributed by atoms with Crippen LogP contribution in [-0.2, 0) is 0 Å². The number of nitriles is 1. The van der Waals surface area contributed by atoms with Gasteiger partial charge in [-0.3, -0.25) is 0 Å². The molecule has 0 heterocycles. The average Bonchev–Trinajstić information content (AvgIpc) is 2.31. The van der Waals surface area contributed by atoms with Gasteiger partial charge in [-0.25, -0.2) is 0 Å². The van der Waals surface area contributed by atoms with Gasteiger partial charge in [0.1, 0.15) is 4.38 Å². The van der Waals surface area contributed by atoms with E-state index in [0.717, 1.165) is 26.5 Å². The van der Waals surface area contributed by atoms with E-state index >= 15 is 0 Å². The quantitative estimate of drug-likeness (QED) is 0.223. The molecule has 92 valence electrons. The van der Waals surface area contributed by atoms with Gasteiger partial charge in [0.15, 0.2) is 0 Å². The monoisotopic (exact) mass is 514 g/mol. The SMILES string of the molecule is N#CN=C(SC[C@@H](Br)CBr)SC[C@@H](Br)CBr. The van der Waals surface area contributed by atoms with Gasteiger partial charge in [0.25, 0.3) is 0 Å². The van der Waals surface area contributed by atoms with Gasteiger partial charge in [0, 0.05) is 31.8 Å². The lowest BCUT2D eigenvalue weighted by atomic mass is 10.6. The maximum absolute atomic E-state index is 8.58. The molecule has 0 aliphatic heterocycles. The molecule has 0 aromatic heterocycles. The highest BCUT2D eigenvalue weighted by atomic mass is 79.9. The summed E-state index contributed by atoms with van der Waals surface area (Å²) in [4.78, 5) is 4.61. The molecule has 0 aliphatic rings. The minimum absolute atomic E-state index is 0.401. The van der Waals surface area contributed by atoms with Gasteiger partial charge in [-0.05, 0) is 0 Å². The van der Waals surface area contributed by atoms with Gasteiger partial charge < -0.3 is 0 Å². The van der Waals surface area contributed by atoms with Crippen molar-refractivity contribution >= 4 is 91.6 Å². The first-order valence-corrected chi connectivity index (χ1v) is 10.3. The van der Waals surface area contributed by atoms with Gasteiger partial charge in [-0.2, -0.15) is 10.3 Å². The van der Waals surface area contributed by atoms with Crippen LogP contribution in [0.5, 0.6) is 0 Å². The molecule has 0 amide bonds. The first kappa shape index (κ1) is 17.8. The van der Waals surface area contributed by atoms with Crippen LogP contribution in [0.25, 0.3) is 0 Å². The summed E-state index contributed by atoms with van der Waals surface area (Å²) in [6.07, 6.45) is 1.84. The third-order valence-corrected chi connectivity index (χ3v) is 9.23. The van der Waals surface area contributed by atoms with Crippen molar-refractivity contribution in [2.75, 3.05) is 22.2 Å². The molecule has 0 aromatic carbocycles. The fourth-order valence-corrected chi connectivity index (χ4v) is 4.25. The van der Waals surface area contributed by atoms with Crippen LogP contribution >= 0.6 is 87.2 Å². The maximum atomic E-state index is 8.58. The number of alkyl halides is 4. The summed E-state index contributed by atoms with van der Waals surface area (Å²) in [7, 11) is 0. The van der Waals surface area contributed by atoms with Gasteiger partial charge in [-0.15, -0.1) is 0 Å². The van der Waals surface area contributed by atoms with E-state index in [1.54, 1.807) is 23.5 Å². The normalized spacial score (nSPS) is 13.9. The van der Waals surface area contributed by atoms with Crippen LogP contribution in [0.1, 0.15) is 0 Å². The Labute approximate surface area is 138 Å². The molecular weight excluding hydrogens is 508 g/mol. The van der Waals surface area contributed by atoms with E-state index in [9.17, 15) is 0 Å². The third-order valence-electron chi connectivity index (χ3n) is 1.25. The number of rotatable bonds is 6. The van der Waals surface area contributed by atoms with E-state index in [2.05, 4.69) is 68.7 Å². The highest BCUT2D eigenvalue weighted by Gasteiger charge is 2.09. The predicted octanol–water partition coefficient (Wildman–Crippen LogP) is 4.61. The second-order valence-electron chi connectivity index (χ2n) is 2.60.